The highest BCUT2D eigenvalue weighted by Gasteiger charge is 2.01. The van der Waals surface area contributed by atoms with Crippen LogP contribution in [0.2, 0.25) is 0 Å². The molecule has 0 saturated heterocycles. The van der Waals surface area contributed by atoms with Crippen LogP contribution in [0, 0.1) is 0 Å². The smallest absolute Gasteiger partial charge is 0.315 e. The van der Waals surface area contributed by atoms with Gasteiger partial charge >= 0.3 is 6.03 Å². The molecule has 0 aliphatic rings. The van der Waals surface area contributed by atoms with E-state index < -0.39 is 0 Å². The predicted octanol–water partition coefficient (Wildman–Crippen LogP) is 1.86. The quantitative estimate of drug-likeness (QED) is 0.346. The lowest BCUT2D eigenvalue weighted by Gasteiger charge is -2.08. The molecule has 24 heavy (non-hydrogen) atoms. The van der Waals surface area contributed by atoms with Gasteiger partial charge in [0.05, 0.1) is 0 Å². The van der Waals surface area contributed by atoms with Crippen LogP contribution >= 0.6 is 0 Å². The first-order valence-electron chi connectivity index (χ1n) is 8.64. The fourth-order valence-electron chi connectivity index (χ4n) is 2.06. The van der Waals surface area contributed by atoms with Gasteiger partial charge in [0.25, 0.3) is 0 Å². The fourth-order valence-corrected chi connectivity index (χ4v) is 2.06. The highest BCUT2D eigenvalue weighted by Crippen LogP contribution is 2.02. The molecule has 7 nitrogen and oxygen atoms in total. The number of hydrogen-bond acceptors (Lipinski definition) is 4. The largest absolute Gasteiger partial charge is 0.338 e. The van der Waals surface area contributed by atoms with Gasteiger partial charge in [-0.3, -0.25) is 15.2 Å². The van der Waals surface area contributed by atoms with Crippen molar-refractivity contribution in [2.24, 2.45) is 0 Å². The first kappa shape index (κ1) is 19.9. The van der Waals surface area contributed by atoms with Crippen molar-refractivity contribution in [2.75, 3.05) is 13.1 Å². The van der Waals surface area contributed by atoms with E-state index in [-0.39, 0.29) is 11.9 Å². The van der Waals surface area contributed by atoms with Crippen molar-refractivity contribution in [1.29, 1.82) is 0 Å². The summed E-state index contributed by atoms with van der Waals surface area (Å²) in [5.41, 5.74) is 6.52. The van der Waals surface area contributed by atoms with E-state index in [0.717, 1.165) is 44.2 Å². The number of carbonyl (C=O) groups is 2. The number of carbonyl (C=O) groups excluding carboxylic acids is 2. The van der Waals surface area contributed by atoms with Gasteiger partial charge in [0.15, 0.2) is 0 Å². The summed E-state index contributed by atoms with van der Waals surface area (Å²) in [5, 5.41) is 5.62. The summed E-state index contributed by atoms with van der Waals surface area (Å²) < 4.78 is 0. The number of hydrazine groups is 1. The Hall–Kier alpha value is -2.15. The van der Waals surface area contributed by atoms with Gasteiger partial charge in [-0.05, 0) is 30.9 Å². The molecule has 3 amide bonds. The highest BCUT2D eigenvalue weighted by molar-refractivity contribution is 5.75. The Morgan fingerprint density at radius 1 is 1.08 bits per heavy atom. The Balaban J connectivity index is 1.91. The minimum Gasteiger partial charge on any atom is -0.338 e. The number of amides is 3. The van der Waals surface area contributed by atoms with E-state index in [1.165, 1.54) is 0 Å². The minimum atomic E-state index is -0.166. The van der Waals surface area contributed by atoms with Gasteiger partial charge in [0, 0.05) is 38.4 Å². The molecule has 1 aromatic rings. The number of pyridine rings is 1. The van der Waals surface area contributed by atoms with Crippen molar-refractivity contribution >= 4 is 11.9 Å². The zero-order valence-corrected chi connectivity index (χ0v) is 14.4. The number of aromatic nitrogens is 1. The molecule has 0 bridgehead atoms. The Bertz CT molecular complexity index is 467. The second kappa shape index (κ2) is 13.3. The summed E-state index contributed by atoms with van der Waals surface area (Å²) in [6, 6.07) is 3.59. The third-order valence-electron chi connectivity index (χ3n) is 3.39. The molecule has 0 fully saturated rings. The lowest BCUT2D eigenvalue weighted by Crippen LogP contribution is -2.37. The number of rotatable bonds is 12. The number of nitrogens with one attached hydrogen (secondary N) is 4. The highest BCUT2D eigenvalue weighted by atomic mass is 16.2. The van der Waals surface area contributed by atoms with Gasteiger partial charge in [-0.15, -0.1) is 0 Å². The van der Waals surface area contributed by atoms with E-state index in [2.05, 4.69) is 26.5 Å². The van der Waals surface area contributed by atoms with Crippen LogP contribution in [0.1, 0.15) is 51.0 Å². The summed E-state index contributed by atoms with van der Waals surface area (Å²) in [6.45, 7) is 3.95. The average Bonchev–Trinajstić information content (AvgIpc) is 2.60. The van der Waals surface area contributed by atoms with Crippen LogP contribution in [0.3, 0.4) is 0 Å². The Labute approximate surface area is 144 Å². The maximum atomic E-state index is 11.6. The molecule has 0 spiro atoms. The number of hydrogen-bond donors (Lipinski definition) is 4. The topological polar surface area (TPSA) is 95.1 Å². The van der Waals surface area contributed by atoms with Crippen molar-refractivity contribution in [3.63, 3.8) is 0 Å². The van der Waals surface area contributed by atoms with Crippen molar-refractivity contribution in [3.8, 4) is 0 Å². The molecule has 0 radical (unpaired) electrons. The summed E-state index contributed by atoms with van der Waals surface area (Å²) in [5.74, 6) is 0.0383. The molecule has 0 aromatic carbocycles. The fraction of sp³-hybridized carbons (Fsp3) is 0.588. The van der Waals surface area contributed by atoms with Crippen LogP contribution < -0.4 is 21.5 Å². The van der Waals surface area contributed by atoms with Crippen molar-refractivity contribution in [1.82, 2.24) is 26.5 Å². The molecule has 0 atom stereocenters. The molecule has 1 rings (SSSR count). The minimum absolute atomic E-state index is 0.0383. The van der Waals surface area contributed by atoms with Gasteiger partial charge in [0.2, 0.25) is 5.91 Å². The van der Waals surface area contributed by atoms with E-state index in [0.29, 0.717) is 19.5 Å². The van der Waals surface area contributed by atoms with Crippen LogP contribution in [0.5, 0.6) is 0 Å². The average molecular weight is 335 g/mol. The molecule has 0 aliphatic heterocycles. The Kier molecular flexibility index (Phi) is 11.0. The molecule has 1 heterocycles. The summed E-state index contributed by atoms with van der Waals surface area (Å²) in [6.07, 6.45) is 8.73. The van der Waals surface area contributed by atoms with Crippen molar-refractivity contribution < 1.29 is 9.59 Å². The van der Waals surface area contributed by atoms with Gasteiger partial charge in [-0.1, -0.05) is 25.8 Å². The normalized spacial score (nSPS) is 10.2. The molecular formula is C17H29N5O2. The summed E-state index contributed by atoms with van der Waals surface area (Å²) >= 11 is 0. The van der Waals surface area contributed by atoms with Crippen LogP contribution in [0.4, 0.5) is 4.79 Å². The first-order valence-corrected chi connectivity index (χ1v) is 8.64. The Morgan fingerprint density at radius 3 is 2.67 bits per heavy atom. The molecule has 7 heteroatoms. The molecule has 4 N–H and O–H groups in total. The van der Waals surface area contributed by atoms with E-state index in [9.17, 15) is 9.59 Å². The van der Waals surface area contributed by atoms with Crippen LogP contribution in [-0.2, 0) is 11.3 Å². The van der Waals surface area contributed by atoms with E-state index in [1.54, 1.807) is 12.4 Å². The number of nitrogens with zero attached hydrogens (tertiary/aromatic N) is 1. The first-order chi connectivity index (χ1) is 11.7. The molecular weight excluding hydrogens is 306 g/mol. The third-order valence-corrected chi connectivity index (χ3v) is 3.39. The molecule has 134 valence electrons. The Morgan fingerprint density at radius 2 is 1.92 bits per heavy atom. The predicted molar refractivity (Wildman–Crippen MR) is 94.0 cm³/mol. The maximum Gasteiger partial charge on any atom is 0.315 e. The van der Waals surface area contributed by atoms with Crippen molar-refractivity contribution in [3.05, 3.63) is 30.1 Å². The molecule has 1 aromatic heterocycles. The zero-order valence-electron chi connectivity index (χ0n) is 14.4. The molecule has 0 saturated carbocycles. The van der Waals surface area contributed by atoms with E-state index >= 15 is 0 Å². The zero-order chi connectivity index (χ0) is 17.5. The van der Waals surface area contributed by atoms with Gasteiger partial charge in [-0.2, -0.15) is 0 Å². The van der Waals surface area contributed by atoms with Gasteiger partial charge in [0.1, 0.15) is 0 Å². The molecule has 0 aliphatic carbocycles. The number of urea groups is 1. The SMILES string of the molecule is CCCNNC(=O)CCCCCCNC(=O)NCc1cccnc1. The second-order valence-corrected chi connectivity index (χ2v) is 5.61. The summed E-state index contributed by atoms with van der Waals surface area (Å²) in [4.78, 5) is 27.1. The number of unbranched alkanes of at least 4 members (excludes halogenated alkanes) is 3. The lowest BCUT2D eigenvalue weighted by molar-refractivity contribution is -0.122. The second-order valence-electron chi connectivity index (χ2n) is 5.61. The van der Waals surface area contributed by atoms with Crippen LogP contribution in [-0.4, -0.2) is 30.0 Å². The third kappa shape index (κ3) is 10.6. The lowest BCUT2D eigenvalue weighted by atomic mass is 10.1. The molecule has 0 unspecified atom stereocenters. The van der Waals surface area contributed by atoms with E-state index in [1.807, 2.05) is 19.1 Å². The van der Waals surface area contributed by atoms with Crippen LogP contribution in [0.25, 0.3) is 0 Å². The van der Waals surface area contributed by atoms with E-state index in [4.69, 9.17) is 0 Å². The van der Waals surface area contributed by atoms with Crippen LogP contribution in [0.15, 0.2) is 24.5 Å². The van der Waals surface area contributed by atoms with Crippen molar-refractivity contribution in [2.45, 2.75) is 52.0 Å². The maximum absolute atomic E-state index is 11.6. The van der Waals surface area contributed by atoms with Gasteiger partial charge in [-0.25, -0.2) is 10.2 Å². The summed E-state index contributed by atoms with van der Waals surface area (Å²) in [7, 11) is 0. The monoisotopic (exact) mass is 335 g/mol. The van der Waals surface area contributed by atoms with Gasteiger partial charge < -0.3 is 10.6 Å². The standard InChI is InChI=1S/C17H29N5O2/c1-2-10-21-22-16(23)9-5-3-4-6-12-19-17(24)20-14-15-8-7-11-18-13-15/h7-8,11,13,21H,2-6,9-10,12,14H2,1H3,(H,22,23)(H2,19,20,24).